The summed E-state index contributed by atoms with van der Waals surface area (Å²) in [6.45, 7) is 4.12. The molecular formula is C15H17IN2S. The molecule has 2 nitrogen and oxygen atoms in total. The zero-order chi connectivity index (χ0) is 13.4. The van der Waals surface area contributed by atoms with Crippen molar-refractivity contribution in [2.75, 3.05) is 5.32 Å². The summed E-state index contributed by atoms with van der Waals surface area (Å²) >= 11 is 4.37. The Morgan fingerprint density at radius 1 is 1.37 bits per heavy atom. The van der Waals surface area contributed by atoms with Crippen LogP contribution in [0.15, 0.2) is 18.2 Å². The van der Waals surface area contributed by atoms with Crippen LogP contribution in [0.3, 0.4) is 0 Å². The SMILES string of the molecule is Cc1ccc(NC2CCCc3sc(I)cc32)c(C)n1. The van der Waals surface area contributed by atoms with Gasteiger partial charge in [-0.25, -0.2) is 0 Å². The molecule has 0 spiro atoms. The number of pyridine rings is 1. The van der Waals surface area contributed by atoms with Gasteiger partial charge < -0.3 is 5.32 Å². The molecule has 100 valence electrons. The van der Waals surface area contributed by atoms with Gasteiger partial charge >= 0.3 is 0 Å². The van der Waals surface area contributed by atoms with Crippen LogP contribution < -0.4 is 5.32 Å². The Bertz CT molecular complexity index is 606. The number of aromatic nitrogens is 1. The van der Waals surface area contributed by atoms with Gasteiger partial charge in [0.15, 0.2) is 0 Å². The highest BCUT2D eigenvalue weighted by molar-refractivity contribution is 14.1. The fourth-order valence-electron chi connectivity index (χ4n) is 2.70. The van der Waals surface area contributed by atoms with E-state index in [9.17, 15) is 0 Å². The Balaban J connectivity index is 1.88. The predicted octanol–water partition coefficient (Wildman–Crippen LogP) is 4.85. The van der Waals surface area contributed by atoms with E-state index in [4.69, 9.17) is 0 Å². The first-order valence-corrected chi connectivity index (χ1v) is 8.52. The maximum Gasteiger partial charge on any atom is 0.0660 e. The molecule has 0 amide bonds. The average molecular weight is 384 g/mol. The largest absolute Gasteiger partial charge is 0.377 e. The van der Waals surface area contributed by atoms with Crippen molar-refractivity contribution in [3.63, 3.8) is 0 Å². The van der Waals surface area contributed by atoms with Crippen molar-refractivity contribution in [3.05, 3.63) is 42.9 Å². The molecule has 2 aromatic heterocycles. The van der Waals surface area contributed by atoms with Crippen LogP contribution in [-0.2, 0) is 6.42 Å². The van der Waals surface area contributed by atoms with Crippen LogP contribution >= 0.6 is 33.9 Å². The first-order chi connectivity index (χ1) is 9.13. The molecule has 0 radical (unpaired) electrons. The number of rotatable bonds is 2. The molecule has 19 heavy (non-hydrogen) atoms. The summed E-state index contributed by atoms with van der Waals surface area (Å²) in [5.74, 6) is 0. The topological polar surface area (TPSA) is 24.9 Å². The van der Waals surface area contributed by atoms with Crippen LogP contribution in [0, 0.1) is 16.7 Å². The third kappa shape index (κ3) is 2.79. The molecule has 1 unspecified atom stereocenters. The Morgan fingerprint density at radius 3 is 3.00 bits per heavy atom. The number of anilines is 1. The smallest absolute Gasteiger partial charge is 0.0660 e. The van der Waals surface area contributed by atoms with Crippen LogP contribution in [0.4, 0.5) is 5.69 Å². The van der Waals surface area contributed by atoms with Crippen LogP contribution in [-0.4, -0.2) is 4.98 Å². The minimum absolute atomic E-state index is 0.451. The molecule has 2 aromatic rings. The number of hydrogen-bond donors (Lipinski definition) is 1. The zero-order valence-corrected chi connectivity index (χ0v) is 14.1. The van der Waals surface area contributed by atoms with Gasteiger partial charge in [0.05, 0.1) is 20.3 Å². The van der Waals surface area contributed by atoms with E-state index in [1.54, 1.807) is 4.88 Å². The van der Waals surface area contributed by atoms with Gasteiger partial charge in [0.25, 0.3) is 0 Å². The van der Waals surface area contributed by atoms with E-state index in [0.29, 0.717) is 6.04 Å². The van der Waals surface area contributed by atoms with Crippen molar-refractivity contribution in [2.24, 2.45) is 0 Å². The number of hydrogen-bond acceptors (Lipinski definition) is 3. The third-order valence-electron chi connectivity index (χ3n) is 3.64. The third-order valence-corrected chi connectivity index (χ3v) is 5.61. The first kappa shape index (κ1) is 13.4. The number of fused-ring (bicyclic) bond motifs is 1. The highest BCUT2D eigenvalue weighted by Gasteiger charge is 2.22. The second kappa shape index (κ2) is 5.40. The summed E-state index contributed by atoms with van der Waals surface area (Å²) in [6, 6.07) is 7.03. The summed E-state index contributed by atoms with van der Waals surface area (Å²) in [6.07, 6.45) is 3.74. The molecule has 1 aliphatic rings. The van der Waals surface area contributed by atoms with E-state index in [1.807, 2.05) is 18.3 Å². The minimum atomic E-state index is 0.451. The number of thiophene rings is 1. The number of nitrogens with one attached hydrogen (secondary N) is 1. The Labute approximate surface area is 131 Å². The lowest BCUT2D eigenvalue weighted by molar-refractivity contribution is 0.608. The van der Waals surface area contributed by atoms with E-state index in [2.05, 4.69) is 58.0 Å². The van der Waals surface area contributed by atoms with Crippen molar-refractivity contribution < 1.29 is 0 Å². The molecule has 1 N–H and O–H groups in total. The zero-order valence-electron chi connectivity index (χ0n) is 11.2. The van der Waals surface area contributed by atoms with Crippen molar-refractivity contribution in [3.8, 4) is 0 Å². The minimum Gasteiger partial charge on any atom is -0.377 e. The predicted molar refractivity (Wildman–Crippen MR) is 90.0 cm³/mol. The Kier molecular flexibility index (Phi) is 3.80. The van der Waals surface area contributed by atoms with Gasteiger partial charge in [0.1, 0.15) is 0 Å². The molecule has 0 bridgehead atoms. The van der Waals surface area contributed by atoms with Crippen LogP contribution in [0.2, 0.25) is 0 Å². The summed E-state index contributed by atoms with van der Waals surface area (Å²) in [4.78, 5) is 6.10. The van der Waals surface area contributed by atoms with Gasteiger partial charge in [-0.3, -0.25) is 4.98 Å². The molecule has 3 rings (SSSR count). The van der Waals surface area contributed by atoms with E-state index in [-0.39, 0.29) is 0 Å². The molecule has 1 atom stereocenters. The number of aryl methyl sites for hydroxylation is 3. The molecule has 2 heterocycles. The van der Waals surface area contributed by atoms with Crippen LogP contribution in [0.1, 0.15) is 40.7 Å². The molecule has 0 aliphatic heterocycles. The summed E-state index contributed by atoms with van der Waals surface area (Å²) in [5, 5.41) is 3.69. The number of halogens is 1. The highest BCUT2D eigenvalue weighted by Crippen LogP contribution is 2.38. The molecular weight excluding hydrogens is 367 g/mol. The number of nitrogens with zero attached hydrogens (tertiary/aromatic N) is 1. The molecule has 0 saturated heterocycles. The van der Waals surface area contributed by atoms with E-state index >= 15 is 0 Å². The van der Waals surface area contributed by atoms with Crippen molar-refractivity contribution in [2.45, 2.75) is 39.2 Å². The van der Waals surface area contributed by atoms with E-state index < -0.39 is 0 Å². The first-order valence-electron chi connectivity index (χ1n) is 6.62. The Hall–Kier alpha value is -0.620. The standard InChI is InChI=1S/C15H17IN2S/c1-9-6-7-12(10(2)17-9)18-13-4-3-5-14-11(13)8-15(16)19-14/h6-8,13,18H,3-5H2,1-2H3. The van der Waals surface area contributed by atoms with Gasteiger partial charge in [-0.05, 0) is 79.5 Å². The maximum atomic E-state index is 4.54. The lowest BCUT2D eigenvalue weighted by Gasteiger charge is -2.25. The molecule has 0 fully saturated rings. The summed E-state index contributed by atoms with van der Waals surface area (Å²) in [5.41, 5.74) is 4.85. The van der Waals surface area contributed by atoms with Crippen molar-refractivity contribution in [1.29, 1.82) is 0 Å². The van der Waals surface area contributed by atoms with Gasteiger partial charge in [-0.1, -0.05) is 0 Å². The monoisotopic (exact) mass is 384 g/mol. The normalized spacial score (nSPS) is 18.2. The fraction of sp³-hybridized carbons (Fsp3) is 0.400. The van der Waals surface area contributed by atoms with E-state index in [1.165, 1.54) is 33.4 Å². The fourth-order valence-corrected chi connectivity index (χ4v) is 4.82. The summed E-state index contributed by atoms with van der Waals surface area (Å²) in [7, 11) is 0. The van der Waals surface area contributed by atoms with Gasteiger partial charge in [-0.15, -0.1) is 11.3 Å². The molecule has 4 heteroatoms. The average Bonchev–Trinajstić information content (AvgIpc) is 2.74. The summed E-state index contributed by atoms with van der Waals surface area (Å²) < 4.78 is 1.40. The second-order valence-electron chi connectivity index (χ2n) is 5.10. The molecule has 0 saturated carbocycles. The van der Waals surface area contributed by atoms with Gasteiger partial charge in [-0.2, -0.15) is 0 Å². The molecule has 0 aromatic carbocycles. The maximum absolute atomic E-state index is 4.54. The van der Waals surface area contributed by atoms with Crippen LogP contribution in [0.5, 0.6) is 0 Å². The lowest BCUT2D eigenvalue weighted by atomic mass is 9.94. The van der Waals surface area contributed by atoms with Gasteiger partial charge in [0.2, 0.25) is 0 Å². The van der Waals surface area contributed by atoms with E-state index in [0.717, 1.165) is 11.4 Å². The highest BCUT2D eigenvalue weighted by atomic mass is 127. The second-order valence-corrected chi connectivity index (χ2v) is 8.13. The van der Waals surface area contributed by atoms with Crippen molar-refractivity contribution in [1.82, 2.24) is 4.98 Å². The molecule has 1 aliphatic carbocycles. The van der Waals surface area contributed by atoms with Crippen molar-refractivity contribution >= 4 is 39.6 Å². The van der Waals surface area contributed by atoms with Gasteiger partial charge in [0, 0.05) is 10.6 Å². The Morgan fingerprint density at radius 2 is 2.21 bits per heavy atom. The lowest BCUT2D eigenvalue weighted by Crippen LogP contribution is -2.16. The van der Waals surface area contributed by atoms with Crippen LogP contribution in [0.25, 0.3) is 0 Å². The quantitative estimate of drug-likeness (QED) is 0.749.